The Kier molecular flexibility index (Phi) is 3.84. The molecule has 1 aliphatic rings. The predicted molar refractivity (Wildman–Crippen MR) is 95.5 cm³/mol. The van der Waals surface area contributed by atoms with Crippen molar-refractivity contribution >= 4 is 11.6 Å². The lowest BCUT2D eigenvalue weighted by Crippen LogP contribution is -2.35. The molecule has 0 saturated carbocycles. The highest BCUT2D eigenvalue weighted by Crippen LogP contribution is 2.33. The number of hydrogen-bond acceptors (Lipinski definition) is 4. The smallest absolute Gasteiger partial charge is 0.258 e. The number of aromatic nitrogens is 2. The summed E-state index contributed by atoms with van der Waals surface area (Å²) in [7, 11) is 0. The first-order valence-electron chi connectivity index (χ1n) is 8.52. The van der Waals surface area contributed by atoms with E-state index in [1.165, 1.54) is 5.56 Å². The maximum absolute atomic E-state index is 13.0. The van der Waals surface area contributed by atoms with Gasteiger partial charge in [0.15, 0.2) is 0 Å². The summed E-state index contributed by atoms with van der Waals surface area (Å²) in [5.41, 5.74) is 3.73. The molecule has 2 aromatic carbocycles. The van der Waals surface area contributed by atoms with E-state index in [1.54, 1.807) is 0 Å². The van der Waals surface area contributed by atoms with Crippen LogP contribution in [0.1, 0.15) is 35.7 Å². The van der Waals surface area contributed by atoms with Crippen LogP contribution in [0.5, 0.6) is 0 Å². The highest BCUT2D eigenvalue weighted by atomic mass is 16.5. The summed E-state index contributed by atoms with van der Waals surface area (Å²) in [6.45, 7) is 4.05. The summed E-state index contributed by atoms with van der Waals surface area (Å²) in [6, 6.07) is 15.6. The van der Waals surface area contributed by atoms with Crippen molar-refractivity contribution in [3.63, 3.8) is 0 Å². The Morgan fingerprint density at radius 3 is 2.68 bits per heavy atom. The van der Waals surface area contributed by atoms with Crippen molar-refractivity contribution in [3.8, 4) is 11.4 Å². The third kappa shape index (κ3) is 2.71. The Hall–Kier alpha value is -2.95. The number of fused-ring (bicyclic) bond motifs is 1. The quantitative estimate of drug-likeness (QED) is 0.729. The van der Waals surface area contributed by atoms with Crippen LogP contribution in [-0.4, -0.2) is 22.1 Å². The molecule has 3 aromatic rings. The van der Waals surface area contributed by atoms with Crippen molar-refractivity contribution in [1.29, 1.82) is 0 Å². The predicted octanol–water partition coefficient (Wildman–Crippen LogP) is 3.89. The SMILES string of the molecule is CCc1nc(-c2ccc(C(=O)N3c4ccccc4CC3C)cc2)no1. The van der Waals surface area contributed by atoms with Crippen molar-refractivity contribution < 1.29 is 9.32 Å². The molecule has 1 aromatic heterocycles. The first-order chi connectivity index (χ1) is 12.2. The summed E-state index contributed by atoms with van der Waals surface area (Å²) in [5, 5.41) is 3.97. The number of rotatable bonds is 3. The molecule has 0 spiro atoms. The number of aryl methyl sites for hydroxylation is 1. The second-order valence-electron chi connectivity index (χ2n) is 6.30. The van der Waals surface area contributed by atoms with E-state index < -0.39 is 0 Å². The molecule has 0 aliphatic carbocycles. The van der Waals surface area contributed by atoms with Crippen molar-refractivity contribution in [2.75, 3.05) is 4.90 Å². The van der Waals surface area contributed by atoms with E-state index in [9.17, 15) is 4.79 Å². The molecule has 0 fully saturated rings. The van der Waals surface area contributed by atoms with Gasteiger partial charge in [-0.05, 0) is 37.1 Å². The van der Waals surface area contributed by atoms with Gasteiger partial charge in [-0.2, -0.15) is 4.98 Å². The van der Waals surface area contributed by atoms with Crippen LogP contribution in [0.25, 0.3) is 11.4 Å². The summed E-state index contributed by atoms with van der Waals surface area (Å²) in [4.78, 5) is 19.2. The number of carbonyl (C=O) groups excluding carboxylic acids is 1. The highest BCUT2D eigenvalue weighted by molar-refractivity contribution is 6.07. The molecular formula is C20H19N3O2. The average Bonchev–Trinajstić information content (AvgIpc) is 3.25. The summed E-state index contributed by atoms with van der Waals surface area (Å²) < 4.78 is 5.14. The van der Waals surface area contributed by atoms with Crippen LogP contribution >= 0.6 is 0 Å². The maximum Gasteiger partial charge on any atom is 0.258 e. The van der Waals surface area contributed by atoms with Crippen molar-refractivity contribution in [3.05, 3.63) is 65.5 Å². The average molecular weight is 333 g/mol. The topological polar surface area (TPSA) is 59.2 Å². The van der Waals surface area contributed by atoms with Crippen molar-refractivity contribution in [2.24, 2.45) is 0 Å². The molecule has 2 heterocycles. The van der Waals surface area contributed by atoms with Gasteiger partial charge in [0, 0.05) is 29.3 Å². The zero-order valence-corrected chi connectivity index (χ0v) is 14.3. The largest absolute Gasteiger partial charge is 0.339 e. The second kappa shape index (κ2) is 6.16. The van der Waals surface area contributed by atoms with Crippen LogP contribution in [-0.2, 0) is 12.8 Å². The molecule has 1 aliphatic heterocycles. The summed E-state index contributed by atoms with van der Waals surface area (Å²) in [5.74, 6) is 1.18. The van der Waals surface area contributed by atoms with E-state index in [4.69, 9.17) is 4.52 Å². The lowest BCUT2D eigenvalue weighted by Gasteiger charge is -2.22. The fourth-order valence-corrected chi connectivity index (χ4v) is 3.29. The third-order valence-corrected chi connectivity index (χ3v) is 4.59. The molecule has 1 unspecified atom stereocenters. The molecule has 1 amide bonds. The molecule has 25 heavy (non-hydrogen) atoms. The monoisotopic (exact) mass is 333 g/mol. The minimum atomic E-state index is 0.0198. The fraction of sp³-hybridized carbons (Fsp3) is 0.250. The van der Waals surface area contributed by atoms with Gasteiger partial charge in [0.2, 0.25) is 11.7 Å². The molecule has 0 bridgehead atoms. The molecule has 0 N–H and O–H groups in total. The molecule has 1 atom stereocenters. The van der Waals surface area contributed by atoms with Gasteiger partial charge in [0.25, 0.3) is 5.91 Å². The first-order valence-corrected chi connectivity index (χ1v) is 8.52. The van der Waals surface area contributed by atoms with Crippen LogP contribution in [0.2, 0.25) is 0 Å². The Balaban J connectivity index is 1.61. The van der Waals surface area contributed by atoms with E-state index in [-0.39, 0.29) is 11.9 Å². The zero-order chi connectivity index (χ0) is 17.4. The van der Waals surface area contributed by atoms with Crippen LogP contribution in [0.3, 0.4) is 0 Å². The number of amides is 1. The van der Waals surface area contributed by atoms with Gasteiger partial charge in [-0.3, -0.25) is 4.79 Å². The van der Waals surface area contributed by atoms with E-state index in [2.05, 4.69) is 23.1 Å². The van der Waals surface area contributed by atoms with E-state index >= 15 is 0 Å². The van der Waals surface area contributed by atoms with E-state index in [0.29, 0.717) is 23.7 Å². The van der Waals surface area contributed by atoms with Crippen LogP contribution < -0.4 is 4.90 Å². The van der Waals surface area contributed by atoms with Gasteiger partial charge in [0.05, 0.1) is 0 Å². The Morgan fingerprint density at radius 2 is 1.96 bits per heavy atom. The maximum atomic E-state index is 13.0. The van der Waals surface area contributed by atoms with E-state index in [0.717, 1.165) is 17.7 Å². The first kappa shape index (κ1) is 15.6. The minimum absolute atomic E-state index is 0.0198. The van der Waals surface area contributed by atoms with Crippen LogP contribution in [0.15, 0.2) is 53.1 Å². The molecule has 5 heteroatoms. The molecule has 5 nitrogen and oxygen atoms in total. The lowest BCUT2D eigenvalue weighted by molar-refractivity contribution is 0.0981. The van der Waals surface area contributed by atoms with Crippen LogP contribution in [0, 0.1) is 0 Å². The van der Waals surface area contributed by atoms with Gasteiger partial charge in [-0.1, -0.05) is 42.4 Å². The Bertz CT molecular complexity index is 915. The summed E-state index contributed by atoms with van der Waals surface area (Å²) in [6.07, 6.45) is 1.60. The highest BCUT2D eigenvalue weighted by Gasteiger charge is 2.31. The van der Waals surface area contributed by atoms with Gasteiger partial charge in [0.1, 0.15) is 0 Å². The molecule has 4 rings (SSSR count). The number of hydrogen-bond donors (Lipinski definition) is 0. The number of anilines is 1. The lowest BCUT2D eigenvalue weighted by atomic mass is 10.1. The number of carbonyl (C=O) groups is 1. The van der Waals surface area contributed by atoms with Gasteiger partial charge in [-0.15, -0.1) is 0 Å². The second-order valence-corrected chi connectivity index (χ2v) is 6.30. The normalized spacial score (nSPS) is 16.1. The van der Waals surface area contributed by atoms with Gasteiger partial charge < -0.3 is 9.42 Å². The van der Waals surface area contributed by atoms with Gasteiger partial charge in [-0.25, -0.2) is 0 Å². The number of benzene rings is 2. The van der Waals surface area contributed by atoms with Crippen molar-refractivity contribution in [2.45, 2.75) is 32.7 Å². The molecular weight excluding hydrogens is 314 g/mol. The number of nitrogens with zero attached hydrogens (tertiary/aromatic N) is 3. The molecule has 0 saturated heterocycles. The number of para-hydroxylation sites is 1. The minimum Gasteiger partial charge on any atom is -0.339 e. The van der Waals surface area contributed by atoms with Crippen molar-refractivity contribution in [1.82, 2.24) is 10.1 Å². The van der Waals surface area contributed by atoms with E-state index in [1.807, 2.05) is 54.3 Å². The summed E-state index contributed by atoms with van der Waals surface area (Å²) >= 11 is 0. The fourth-order valence-electron chi connectivity index (χ4n) is 3.29. The standard InChI is InChI=1S/C20H19N3O2/c1-3-18-21-19(22-25-18)14-8-10-15(11-9-14)20(24)23-13(2)12-16-6-4-5-7-17(16)23/h4-11,13H,3,12H2,1-2H3. The third-order valence-electron chi connectivity index (χ3n) is 4.59. The van der Waals surface area contributed by atoms with Gasteiger partial charge >= 0.3 is 0 Å². The molecule has 126 valence electrons. The Labute approximate surface area is 146 Å². The Morgan fingerprint density at radius 1 is 1.20 bits per heavy atom. The zero-order valence-electron chi connectivity index (χ0n) is 14.3. The van der Waals surface area contributed by atoms with Crippen LogP contribution in [0.4, 0.5) is 5.69 Å². The molecule has 0 radical (unpaired) electrons.